The summed E-state index contributed by atoms with van der Waals surface area (Å²) in [4.78, 5) is 28.3. The Morgan fingerprint density at radius 2 is 1.79 bits per heavy atom. The molecule has 0 unspecified atom stereocenters. The zero-order valence-corrected chi connectivity index (χ0v) is 21.9. The van der Waals surface area contributed by atoms with Gasteiger partial charge in [-0.25, -0.2) is 0 Å². The van der Waals surface area contributed by atoms with Gasteiger partial charge < -0.3 is 19.5 Å². The number of likely N-dealkylation sites (tertiary alicyclic amines) is 1. The van der Waals surface area contributed by atoms with Gasteiger partial charge in [0.1, 0.15) is 23.4 Å². The first-order chi connectivity index (χ1) is 18.5. The second-order valence-electron chi connectivity index (χ2n) is 9.99. The number of hydrogen-bond donors (Lipinski definition) is 1. The van der Waals surface area contributed by atoms with Crippen molar-refractivity contribution in [2.45, 2.75) is 58.2 Å². The maximum atomic E-state index is 13.4. The van der Waals surface area contributed by atoms with Gasteiger partial charge in [-0.2, -0.15) is 0 Å². The first-order valence-electron chi connectivity index (χ1n) is 13.3. The molecule has 1 fully saturated rings. The van der Waals surface area contributed by atoms with Crippen LogP contribution in [0.4, 0.5) is 0 Å². The second kappa shape index (κ2) is 11.1. The van der Waals surface area contributed by atoms with Crippen LogP contribution in [0.15, 0.2) is 78.4 Å². The number of Topliss-reactive ketones (excluding diaryl/α,β-unsaturated/α-hetero) is 1. The van der Waals surface area contributed by atoms with E-state index >= 15 is 0 Å². The Hall–Kier alpha value is -4.06. The predicted molar refractivity (Wildman–Crippen MR) is 146 cm³/mol. The van der Waals surface area contributed by atoms with Gasteiger partial charge in [-0.05, 0) is 60.4 Å². The Morgan fingerprint density at radius 1 is 1.03 bits per heavy atom. The van der Waals surface area contributed by atoms with Crippen LogP contribution in [-0.4, -0.2) is 34.4 Å². The maximum absolute atomic E-state index is 13.4. The Kier molecular flexibility index (Phi) is 7.50. The van der Waals surface area contributed by atoms with Gasteiger partial charge in [0.25, 0.3) is 11.7 Å². The van der Waals surface area contributed by atoms with Crippen molar-refractivity contribution in [1.82, 2.24) is 4.90 Å². The number of ether oxygens (including phenoxy) is 2. The molecule has 0 saturated carbocycles. The standard InChI is InChI=1S/C32H33NO5/c1-3-4-8-17-37-26-14-11-23(12-15-26)29-28(30(34)24-13-16-27-25(19-24)18-21(2)38-27)31(35)32(36)33(29)20-22-9-6-5-7-10-22/h5-7,9-16,19,21,29,34H,3-4,8,17-18,20H2,1-2H3/b30-28+/t21-,29-/m0/s1. The summed E-state index contributed by atoms with van der Waals surface area (Å²) in [5, 5.41) is 11.5. The third-order valence-electron chi connectivity index (χ3n) is 7.12. The Morgan fingerprint density at radius 3 is 2.53 bits per heavy atom. The number of aliphatic hydroxyl groups excluding tert-OH is 1. The van der Waals surface area contributed by atoms with Crippen molar-refractivity contribution < 1.29 is 24.2 Å². The molecule has 1 amide bonds. The van der Waals surface area contributed by atoms with Gasteiger partial charge in [0.2, 0.25) is 0 Å². The van der Waals surface area contributed by atoms with Gasteiger partial charge in [0.15, 0.2) is 0 Å². The summed E-state index contributed by atoms with van der Waals surface area (Å²) in [6.45, 7) is 5.03. The smallest absolute Gasteiger partial charge is 0.295 e. The number of amides is 1. The summed E-state index contributed by atoms with van der Waals surface area (Å²) >= 11 is 0. The zero-order valence-electron chi connectivity index (χ0n) is 21.9. The summed E-state index contributed by atoms with van der Waals surface area (Å²) in [6, 6.07) is 21.7. The van der Waals surface area contributed by atoms with Crippen molar-refractivity contribution in [2.24, 2.45) is 0 Å². The average Bonchev–Trinajstić information content (AvgIpc) is 3.43. The van der Waals surface area contributed by atoms with E-state index in [1.165, 1.54) is 0 Å². The fourth-order valence-corrected chi connectivity index (χ4v) is 5.18. The van der Waals surface area contributed by atoms with E-state index in [0.29, 0.717) is 12.2 Å². The highest BCUT2D eigenvalue weighted by molar-refractivity contribution is 6.46. The van der Waals surface area contributed by atoms with E-state index in [0.717, 1.165) is 53.9 Å². The number of benzene rings is 3. The number of aliphatic hydroxyl groups is 1. The van der Waals surface area contributed by atoms with E-state index in [1.807, 2.05) is 73.7 Å². The first-order valence-corrected chi connectivity index (χ1v) is 13.3. The number of fused-ring (bicyclic) bond motifs is 1. The van der Waals surface area contributed by atoms with Crippen LogP contribution in [0.1, 0.15) is 61.4 Å². The minimum absolute atomic E-state index is 0.0570. The zero-order chi connectivity index (χ0) is 26.6. The average molecular weight is 512 g/mol. The van der Waals surface area contributed by atoms with Crippen molar-refractivity contribution in [3.05, 3.63) is 101 Å². The maximum Gasteiger partial charge on any atom is 0.295 e. The minimum atomic E-state index is -0.729. The van der Waals surface area contributed by atoms with Gasteiger partial charge in [-0.3, -0.25) is 9.59 Å². The molecule has 1 saturated heterocycles. The Labute approximate surface area is 223 Å². The first kappa shape index (κ1) is 25.6. The highest BCUT2D eigenvalue weighted by atomic mass is 16.5. The van der Waals surface area contributed by atoms with Crippen LogP contribution in [0.5, 0.6) is 11.5 Å². The minimum Gasteiger partial charge on any atom is -0.507 e. The SMILES string of the molecule is CCCCCOc1ccc([C@H]2/C(=C(\O)c3ccc4c(c3)C[C@H](C)O4)C(=O)C(=O)N2Cc2ccccc2)cc1. The normalized spacial score (nSPS) is 19.9. The third kappa shape index (κ3) is 5.17. The largest absolute Gasteiger partial charge is 0.507 e. The molecule has 2 heterocycles. The van der Waals surface area contributed by atoms with Crippen LogP contribution in [0, 0.1) is 0 Å². The number of ketones is 1. The molecule has 6 heteroatoms. The molecule has 38 heavy (non-hydrogen) atoms. The second-order valence-corrected chi connectivity index (χ2v) is 9.99. The van der Waals surface area contributed by atoms with E-state index < -0.39 is 17.7 Å². The lowest BCUT2D eigenvalue weighted by Crippen LogP contribution is -2.29. The van der Waals surface area contributed by atoms with Crippen molar-refractivity contribution in [3.63, 3.8) is 0 Å². The predicted octanol–water partition coefficient (Wildman–Crippen LogP) is 6.20. The van der Waals surface area contributed by atoms with Gasteiger partial charge in [0.05, 0.1) is 18.2 Å². The molecule has 0 radical (unpaired) electrons. The molecule has 2 atom stereocenters. The van der Waals surface area contributed by atoms with E-state index in [4.69, 9.17) is 9.47 Å². The molecule has 1 N–H and O–H groups in total. The lowest BCUT2D eigenvalue weighted by atomic mass is 9.94. The van der Waals surface area contributed by atoms with Gasteiger partial charge >= 0.3 is 0 Å². The summed E-state index contributed by atoms with van der Waals surface area (Å²) in [7, 11) is 0. The highest BCUT2D eigenvalue weighted by Gasteiger charge is 2.46. The fourth-order valence-electron chi connectivity index (χ4n) is 5.18. The molecule has 3 aromatic rings. The number of carbonyl (C=O) groups is 2. The molecule has 0 bridgehead atoms. The van der Waals surface area contributed by atoms with Crippen LogP contribution in [0.2, 0.25) is 0 Å². The number of hydrogen-bond acceptors (Lipinski definition) is 5. The van der Waals surface area contributed by atoms with Crippen LogP contribution >= 0.6 is 0 Å². The van der Waals surface area contributed by atoms with Crippen LogP contribution in [-0.2, 0) is 22.6 Å². The van der Waals surface area contributed by atoms with Crippen molar-refractivity contribution in [2.75, 3.05) is 6.61 Å². The molecule has 0 spiro atoms. The summed E-state index contributed by atoms with van der Waals surface area (Å²) in [5.41, 5.74) is 3.20. The molecule has 196 valence electrons. The summed E-state index contributed by atoms with van der Waals surface area (Å²) in [5.74, 6) is 0.0280. The molecular formula is C32H33NO5. The van der Waals surface area contributed by atoms with Crippen molar-refractivity contribution >= 4 is 17.4 Å². The molecule has 2 aliphatic heterocycles. The highest BCUT2D eigenvalue weighted by Crippen LogP contribution is 2.41. The molecule has 3 aromatic carbocycles. The number of unbranched alkanes of at least 4 members (excludes halogenated alkanes) is 2. The van der Waals surface area contributed by atoms with Crippen molar-refractivity contribution in [3.8, 4) is 11.5 Å². The fraction of sp³-hybridized carbons (Fsp3) is 0.312. The molecule has 6 nitrogen and oxygen atoms in total. The Balaban J connectivity index is 1.52. The lowest BCUT2D eigenvalue weighted by Gasteiger charge is -2.25. The van der Waals surface area contributed by atoms with E-state index in [1.54, 1.807) is 11.0 Å². The summed E-state index contributed by atoms with van der Waals surface area (Å²) < 4.78 is 11.7. The molecule has 2 aliphatic rings. The van der Waals surface area contributed by atoms with Crippen molar-refractivity contribution in [1.29, 1.82) is 0 Å². The summed E-state index contributed by atoms with van der Waals surface area (Å²) in [6.07, 6.45) is 4.00. The van der Waals surface area contributed by atoms with Gasteiger partial charge in [0, 0.05) is 18.5 Å². The molecule has 0 aliphatic carbocycles. The van der Waals surface area contributed by atoms with Crippen LogP contribution in [0.3, 0.4) is 0 Å². The van der Waals surface area contributed by atoms with Crippen LogP contribution < -0.4 is 9.47 Å². The molecular weight excluding hydrogens is 478 g/mol. The number of carbonyl (C=O) groups excluding carboxylic acids is 2. The Bertz CT molecular complexity index is 1350. The molecule has 5 rings (SSSR count). The quantitative estimate of drug-likeness (QED) is 0.160. The third-order valence-corrected chi connectivity index (χ3v) is 7.12. The molecule has 0 aromatic heterocycles. The number of rotatable bonds is 9. The monoisotopic (exact) mass is 511 g/mol. The van der Waals surface area contributed by atoms with E-state index in [9.17, 15) is 14.7 Å². The topological polar surface area (TPSA) is 76.1 Å². The van der Waals surface area contributed by atoms with E-state index in [-0.39, 0.29) is 24.0 Å². The van der Waals surface area contributed by atoms with Gasteiger partial charge in [-0.15, -0.1) is 0 Å². The van der Waals surface area contributed by atoms with Crippen LogP contribution in [0.25, 0.3) is 5.76 Å². The number of nitrogens with zero attached hydrogens (tertiary/aromatic N) is 1. The lowest BCUT2D eigenvalue weighted by molar-refractivity contribution is -0.140. The van der Waals surface area contributed by atoms with Gasteiger partial charge in [-0.1, -0.05) is 62.2 Å². The van der Waals surface area contributed by atoms with E-state index in [2.05, 4.69) is 6.92 Å².